The van der Waals surface area contributed by atoms with Crippen LogP contribution in [-0.2, 0) is 0 Å². The van der Waals surface area contributed by atoms with Crippen molar-refractivity contribution in [2.45, 2.75) is 32.4 Å². The van der Waals surface area contributed by atoms with E-state index in [2.05, 4.69) is 29.3 Å². The standard InChI is InChI=1S/C20H23N3O3/c1-12(2)11-25-16-6-5-13-9-15(4-3-14(13)10-16)19-22-20(26-23-19)18-17(24)7-8-21-18/h3-6,9-10,12,17-18,21,24H,7-8,11H2,1-2H3/t17-,18-/m0/s1. The molecule has 0 saturated carbocycles. The third kappa shape index (κ3) is 3.43. The van der Waals surface area contributed by atoms with E-state index < -0.39 is 6.10 Å². The van der Waals surface area contributed by atoms with Crippen LogP contribution in [0.3, 0.4) is 0 Å². The van der Waals surface area contributed by atoms with Crippen LogP contribution >= 0.6 is 0 Å². The first kappa shape index (κ1) is 17.0. The number of nitrogens with zero attached hydrogens (tertiary/aromatic N) is 2. The van der Waals surface area contributed by atoms with Gasteiger partial charge in [-0.25, -0.2) is 0 Å². The fourth-order valence-electron chi connectivity index (χ4n) is 3.14. The van der Waals surface area contributed by atoms with E-state index in [0.29, 0.717) is 30.7 Å². The summed E-state index contributed by atoms with van der Waals surface area (Å²) in [7, 11) is 0. The Balaban J connectivity index is 1.57. The van der Waals surface area contributed by atoms with Gasteiger partial charge in [0, 0.05) is 5.56 Å². The Morgan fingerprint density at radius 2 is 2.04 bits per heavy atom. The minimum Gasteiger partial charge on any atom is -0.493 e. The molecule has 2 N–H and O–H groups in total. The molecule has 2 atom stereocenters. The average Bonchev–Trinajstić information content (AvgIpc) is 3.28. The van der Waals surface area contributed by atoms with Gasteiger partial charge in [0.2, 0.25) is 11.7 Å². The molecule has 136 valence electrons. The molecule has 1 saturated heterocycles. The molecule has 1 aliphatic rings. The van der Waals surface area contributed by atoms with Crippen LogP contribution in [-0.4, -0.2) is 34.5 Å². The number of hydrogen-bond donors (Lipinski definition) is 2. The van der Waals surface area contributed by atoms with Gasteiger partial charge in [0.1, 0.15) is 11.8 Å². The van der Waals surface area contributed by atoms with Crippen LogP contribution in [0.1, 0.15) is 32.2 Å². The quantitative estimate of drug-likeness (QED) is 0.732. The van der Waals surface area contributed by atoms with Crippen LogP contribution in [0.25, 0.3) is 22.2 Å². The summed E-state index contributed by atoms with van der Waals surface area (Å²) < 4.78 is 11.1. The summed E-state index contributed by atoms with van der Waals surface area (Å²) >= 11 is 0. The van der Waals surface area contributed by atoms with Gasteiger partial charge in [0.05, 0.1) is 12.7 Å². The Hall–Kier alpha value is -2.44. The predicted molar refractivity (Wildman–Crippen MR) is 98.9 cm³/mol. The molecule has 3 aromatic rings. The molecule has 0 radical (unpaired) electrons. The summed E-state index contributed by atoms with van der Waals surface area (Å²) in [6.45, 7) is 5.72. The van der Waals surface area contributed by atoms with E-state index in [0.717, 1.165) is 28.6 Å². The fraction of sp³-hybridized carbons (Fsp3) is 0.400. The molecule has 6 heteroatoms. The first-order valence-corrected chi connectivity index (χ1v) is 9.02. The number of benzene rings is 2. The van der Waals surface area contributed by atoms with Crippen molar-refractivity contribution in [2.75, 3.05) is 13.2 Å². The zero-order valence-corrected chi connectivity index (χ0v) is 15.0. The van der Waals surface area contributed by atoms with Crippen LogP contribution in [0.5, 0.6) is 5.75 Å². The molecule has 0 unspecified atom stereocenters. The summed E-state index contributed by atoms with van der Waals surface area (Å²) in [6.07, 6.45) is 0.212. The van der Waals surface area contributed by atoms with Crippen molar-refractivity contribution in [1.82, 2.24) is 15.5 Å². The summed E-state index contributed by atoms with van der Waals surface area (Å²) in [5.41, 5.74) is 0.885. The van der Waals surface area contributed by atoms with E-state index in [9.17, 15) is 5.11 Å². The van der Waals surface area contributed by atoms with Crippen LogP contribution in [0.15, 0.2) is 40.9 Å². The molecule has 0 amide bonds. The normalized spacial score (nSPS) is 20.2. The highest BCUT2D eigenvalue weighted by atomic mass is 16.5. The lowest BCUT2D eigenvalue weighted by molar-refractivity contribution is 0.142. The Labute approximate surface area is 152 Å². The maximum atomic E-state index is 9.97. The Morgan fingerprint density at radius 1 is 1.23 bits per heavy atom. The second-order valence-electron chi connectivity index (χ2n) is 7.17. The molecule has 0 bridgehead atoms. The Kier molecular flexibility index (Phi) is 4.61. The maximum Gasteiger partial charge on any atom is 0.246 e. The van der Waals surface area contributed by atoms with Gasteiger partial charge in [-0.05, 0) is 47.9 Å². The molecular weight excluding hydrogens is 330 g/mol. The molecule has 1 fully saturated rings. The van der Waals surface area contributed by atoms with E-state index in [1.807, 2.05) is 36.4 Å². The smallest absolute Gasteiger partial charge is 0.246 e. The molecule has 0 aliphatic carbocycles. The van der Waals surface area contributed by atoms with Gasteiger partial charge in [0.25, 0.3) is 0 Å². The number of nitrogens with one attached hydrogen (secondary N) is 1. The lowest BCUT2D eigenvalue weighted by atomic mass is 10.1. The summed E-state index contributed by atoms with van der Waals surface area (Å²) in [5, 5.41) is 19.4. The SMILES string of the molecule is CC(C)COc1ccc2cc(-c3noc([C@H]4NCC[C@@H]4O)n3)ccc2c1. The maximum absolute atomic E-state index is 9.97. The van der Waals surface area contributed by atoms with Crippen LogP contribution in [0.4, 0.5) is 0 Å². The number of aromatic nitrogens is 2. The second-order valence-corrected chi connectivity index (χ2v) is 7.17. The third-order valence-corrected chi connectivity index (χ3v) is 4.55. The second kappa shape index (κ2) is 7.05. The van der Waals surface area contributed by atoms with E-state index >= 15 is 0 Å². The zero-order chi connectivity index (χ0) is 18.1. The number of rotatable bonds is 5. The molecule has 1 aromatic heterocycles. The van der Waals surface area contributed by atoms with Crippen LogP contribution in [0, 0.1) is 5.92 Å². The highest BCUT2D eigenvalue weighted by Gasteiger charge is 2.31. The van der Waals surface area contributed by atoms with Crippen LogP contribution in [0.2, 0.25) is 0 Å². The topological polar surface area (TPSA) is 80.4 Å². The van der Waals surface area contributed by atoms with E-state index in [-0.39, 0.29) is 6.04 Å². The van der Waals surface area contributed by atoms with Crippen molar-refractivity contribution < 1.29 is 14.4 Å². The lowest BCUT2D eigenvalue weighted by Gasteiger charge is -2.09. The van der Waals surface area contributed by atoms with Gasteiger partial charge in [-0.2, -0.15) is 4.98 Å². The Bertz CT molecular complexity index is 906. The fourth-order valence-corrected chi connectivity index (χ4v) is 3.14. The largest absolute Gasteiger partial charge is 0.493 e. The van der Waals surface area contributed by atoms with Gasteiger partial charge in [-0.3, -0.25) is 0 Å². The molecule has 0 spiro atoms. The molecule has 2 heterocycles. The van der Waals surface area contributed by atoms with E-state index in [1.165, 1.54) is 0 Å². The number of ether oxygens (including phenoxy) is 1. The molecule has 2 aromatic carbocycles. The number of aliphatic hydroxyl groups excluding tert-OH is 1. The van der Waals surface area contributed by atoms with Crippen molar-refractivity contribution in [3.63, 3.8) is 0 Å². The first-order chi connectivity index (χ1) is 12.6. The highest BCUT2D eigenvalue weighted by Crippen LogP contribution is 2.28. The summed E-state index contributed by atoms with van der Waals surface area (Å²) in [5.74, 6) is 2.33. The monoisotopic (exact) mass is 353 g/mol. The lowest BCUT2D eigenvalue weighted by Crippen LogP contribution is -2.21. The summed E-state index contributed by atoms with van der Waals surface area (Å²) in [6, 6.07) is 11.8. The third-order valence-electron chi connectivity index (χ3n) is 4.55. The van der Waals surface area contributed by atoms with E-state index in [1.54, 1.807) is 0 Å². The minimum atomic E-state index is -0.482. The number of fused-ring (bicyclic) bond motifs is 1. The van der Waals surface area contributed by atoms with Crippen molar-refractivity contribution in [3.05, 3.63) is 42.3 Å². The summed E-state index contributed by atoms with van der Waals surface area (Å²) in [4.78, 5) is 4.46. The van der Waals surface area contributed by atoms with Gasteiger partial charge >= 0.3 is 0 Å². The predicted octanol–water partition coefficient (Wildman–Crippen LogP) is 3.32. The highest BCUT2D eigenvalue weighted by molar-refractivity contribution is 5.87. The van der Waals surface area contributed by atoms with Gasteiger partial charge in [-0.1, -0.05) is 37.2 Å². The van der Waals surface area contributed by atoms with Crippen molar-refractivity contribution in [1.29, 1.82) is 0 Å². The number of aliphatic hydroxyl groups is 1. The number of hydrogen-bond acceptors (Lipinski definition) is 6. The van der Waals surface area contributed by atoms with E-state index in [4.69, 9.17) is 9.26 Å². The average molecular weight is 353 g/mol. The van der Waals surface area contributed by atoms with Gasteiger partial charge in [0.15, 0.2) is 0 Å². The Morgan fingerprint density at radius 3 is 2.81 bits per heavy atom. The molecule has 4 rings (SSSR count). The van der Waals surface area contributed by atoms with Crippen molar-refractivity contribution in [3.8, 4) is 17.1 Å². The van der Waals surface area contributed by atoms with Crippen LogP contribution < -0.4 is 10.1 Å². The molecule has 6 nitrogen and oxygen atoms in total. The minimum absolute atomic E-state index is 0.280. The molecule has 26 heavy (non-hydrogen) atoms. The molecular formula is C20H23N3O3. The zero-order valence-electron chi connectivity index (χ0n) is 15.0. The van der Waals surface area contributed by atoms with Crippen molar-refractivity contribution in [2.24, 2.45) is 5.92 Å². The first-order valence-electron chi connectivity index (χ1n) is 9.02. The van der Waals surface area contributed by atoms with Gasteiger partial charge < -0.3 is 19.7 Å². The molecule has 1 aliphatic heterocycles. The van der Waals surface area contributed by atoms with Crippen molar-refractivity contribution >= 4 is 10.8 Å². The van der Waals surface area contributed by atoms with Gasteiger partial charge in [-0.15, -0.1) is 0 Å².